The van der Waals surface area contributed by atoms with E-state index in [2.05, 4.69) is 33.6 Å². The minimum Gasteiger partial charge on any atom is -0.466 e. The molecule has 3 heterocycles. The number of methoxy groups -OCH3 is 4. The first-order valence-electron chi connectivity index (χ1n) is 21.9. The minimum absolute atomic E-state index is 0. The highest BCUT2D eigenvalue weighted by Gasteiger charge is 2.39. The van der Waals surface area contributed by atoms with E-state index in [1.807, 2.05) is 32.8 Å². The molecule has 3 aliphatic heterocycles. The first-order valence-corrected chi connectivity index (χ1v) is 21.9. The van der Waals surface area contributed by atoms with Gasteiger partial charge in [-0.1, -0.05) is 51.0 Å². The largest absolute Gasteiger partial charge is 0.466 e. The molecule has 1 spiro atoms. The summed E-state index contributed by atoms with van der Waals surface area (Å²) in [7, 11) is 8.74. The van der Waals surface area contributed by atoms with Gasteiger partial charge in [-0.25, -0.2) is 38.4 Å². The number of nitrogens with zero attached hydrogens (tertiary/aromatic N) is 4. The predicted octanol–water partition coefficient (Wildman–Crippen LogP) is 4.05. The summed E-state index contributed by atoms with van der Waals surface area (Å²) in [5.74, 6) is -4.79. The molecule has 3 fully saturated rings. The van der Waals surface area contributed by atoms with Crippen LogP contribution >= 0.6 is 0 Å². The summed E-state index contributed by atoms with van der Waals surface area (Å²) >= 11 is 0. The molecular weight excluding hydrogens is 945 g/mol. The van der Waals surface area contributed by atoms with Crippen LogP contribution < -0.4 is 0 Å². The number of ether oxygens (including phenoxy) is 10. The van der Waals surface area contributed by atoms with E-state index in [0.29, 0.717) is 59.3 Å². The molecule has 420 valence electrons. The van der Waals surface area contributed by atoms with Crippen LogP contribution in [0.5, 0.6) is 0 Å². The quantitative estimate of drug-likeness (QED) is 0.0844. The monoisotopic (exact) mass is 1040 g/mol. The Labute approximate surface area is 430 Å². The van der Waals surface area contributed by atoms with E-state index >= 15 is 0 Å². The van der Waals surface area contributed by atoms with Gasteiger partial charge >= 0.3 is 47.8 Å². The Bertz CT molecular complexity index is 1550. The summed E-state index contributed by atoms with van der Waals surface area (Å²) in [6.45, 7) is 15.2. The molecule has 0 aromatic rings. The van der Waals surface area contributed by atoms with Crippen LogP contribution in [-0.4, -0.2) is 221 Å². The molecule has 0 unspecified atom stereocenters. The van der Waals surface area contributed by atoms with Gasteiger partial charge in [-0.15, -0.1) is 0 Å². The van der Waals surface area contributed by atoms with Crippen LogP contribution in [-0.2, 0) is 85.7 Å². The van der Waals surface area contributed by atoms with Gasteiger partial charge in [-0.3, -0.25) is 9.80 Å². The van der Waals surface area contributed by atoms with Crippen molar-refractivity contribution >= 4 is 47.8 Å². The molecule has 72 heavy (non-hydrogen) atoms. The lowest BCUT2D eigenvalue weighted by molar-refractivity contribution is -0.186. The number of carbonyl (C=O) groups is 8. The van der Waals surface area contributed by atoms with E-state index in [1.54, 1.807) is 0 Å². The third kappa shape index (κ3) is 42.2. The SMILES string of the molecule is C.C.C.C.C.CCN(CC)CCOC(=O)/C=C/C(=O)OC.COC(=O)/C=C/C(=O)OCCN(C)C.COC(=O)/C=C/C(=O)OCCN1CCC2(CC1)OCCO2.COC(=O)/C=C/C(=O)OCCN1CCCC1. The van der Waals surface area contributed by atoms with Crippen molar-refractivity contribution in [3.63, 3.8) is 0 Å². The van der Waals surface area contributed by atoms with Gasteiger partial charge in [0, 0.05) is 101 Å². The molecule has 3 aliphatic rings. The summed E-state index contributed by atoms with van der Waals surface area (Å²) in [5, 5.41) is 0. The van der Waals surface area contributed by atoms with Gasteiger partial charge in [0.2, 0.25) is 0 Å². The number of likely N-dealkylation sites (tertiary alicyclic amines) is 2. The average molecular weight is 1040 g/mol. The molecule has 0 saturated carbocycles. The second kappa shape index (κ2) is 49.1. The van der Waals surface area contributed by atoms with E-state index in [1.165, 1.54) is 41.3 Å². The second-order valence-electron chi connectivity index (χ2n) is 14.4. The first-order chi connectivity index (χ1) is 32.0. The van der Waals surface area contributed by atoms with Gasteiger partial charge in [-0.2, -0.15) is 0 Å². The molecule has 22 nitrogen and oxygen atoms in total. The van der Waals surface area contributed by atoms with Crippen molar-refractivity contribution in [2.75, 3.05) is 148 Å². The topological polar surface area (TPSA) is 242 Å². The summed E-state index contributed by atoms with van der Waals surface area (Å²) in [4.78, 5) is 95.6. The molecule has 0 atom stereocenters. The molecule has 3 rings (SSSR count). The number of rotatable bonds is 22. The Balaban J connectivity index is -0.000000199. The third-order valence-electron chi connectivity index (χ3n) is 9.49. The fourth-order valence-electron chi connectivity index (χ4n) is 5.61. The smallest absolute Gasteiger partial charge is 0.331 e. The van der Waals surface area contributed by atoms with Gasteiger partial charge in [0.05, 0.1) is 41.7 Å². The van der Waals surface area contributed by atoms with Gasteiger partial charge in [0.15, 0.2) is 5.79 Å². The van der Waals surface area contributed by atoms with Crippen molar-refractivity contribution in [2.24, 2.45) is 0 Å². The molecule has 3 saturated heterocycles. The predicted molar refractivity (Wildman–Crippen MR) is 274 cm³/mol. The van der Waals surface area contributed by atoms with Gasteiger partial charge < -0.3 is 57.2 Å². The highest BCUT2D eigenvalue weighted by Crippen LogP contribution is 2.31. The van der Waals surface area contributed by atoms with E-state index in [4.69, 9.17) is 28.4 Å². The van der Waals surface area contributed by atoms with Crippen LogP contribution in [0.4, 0.5) is 0 Å². The molecular formula is C50H92N4O18. The standard InChI is InChI=1S/C14H21NO6.C11H17NO4.C11H19NO4.C9H15NO4.5CH4/c1-18-12(16)2-3-13(17)19-9-8-15-6-4-14(5-7-15)20-10-11-21-14;1-15-10(13)4-5-11(14)16-9-8-12-6-2-3-7-12;1-4-12(5-2)8-9-16-11(14)7-6-10(13)15-3;1-10(2)6-7-14-9(12)5-4-8(11)13-3;;;;;/h2-3H,4-11H2,1H3;4-5H,2-3,6-9H2,1H3;6-7H,4-5,8-9H2,1-3H3;4-5H,6-7H2,1-3H3;5*1H4/b3-2+;5-4+;7-6+;5-4+;;;;;. The number of esters is 8. The maximum absolute atomic E-state index is 11.3. The Morgan fingerprint density at radius 2 is 0.750 bits per heavy atom. The zero-order valence-corrected chi connectivity index (χ0v) is 40.4. The van der Waals surface area contributed by atoms with E-state index in [9.17, 15) is 38.4 Å². The lowest BCUT2D eigenvalue weighted by atomic mass is 10.0. The van der Waals surface area contributed by atoms with Crippen molar-refractivity contribution < 1.29 is 85.7 Å². The van der Waals surface area contributed by atoms with Gasteiger partial charge in [0.1, 0.15) is 26.4 Å². The fourth-order valence-corrected chi connectivity index (χ4v) is 5.61. The third-order valence-corrected chi connectivity index (χ3v) is 9.49. The number of hydrogen-bond acceptors (Lipinski definition) is 22. The van der Waals surface area contributed by atoms with Crippen molar-refractivity contribution in [3.8, 4) is 0 Å². The summed E-state index contributed by atoms with van der Waals surface area (Å²) in [5.41, 5.74) is 0. The lowest BCUT2D eigenvalue weighted by Crippen LogP contribution is -2.46. The van der Waals surface area contributed by atoms with Crippen LogP contribution in [0.2, 0.25) is 0 Å². The highest BCUT2D eigenvalue weighted by atomic mass is 16.7. The van der Waals surface area contributed by atoms with Crippen LogP contribution in [0, 0.1) is 0 Å². The molecule has 0 aliphatic carbocycles. The Kier molecular flexibility index (Phi) is 53.1. The van der Waals surface area contributed by atoms with Crippen LogP contribution in [0.3, 0.4) is 0 Å². The van der Waals surface area contributed by atoms with Gasteiger partial charge in [-0.05, 0) is 53.1 Å². The van der Waals surface area contributed by atoms with Crippen molar-refractivity contribution in [1.29, 1.82) is 0 Å². The Morgan fingerprint density at radius 3 is 1.06 bits per heavy atom. The maximum atomic E-state index is 11.3. The fraction of sp³-hybridized carbons (Fsp3) is 0.680. The summed E-state index contributed by atoms with van der Waals surface area (Å²) < 4.78 is 48.3. The maximum Gasteiger partial charge on any atom is 0.331 e. The molecule has 0 aromatic carbocycles. The highest BCUT2D eigenvalue weighted by molar-refractivity contribution is 5.93. The molecule has 0 bridgehead atoms. The lowest BCUT2D eigenvalue weighted by Gasteiger charge is -2.37. The molecule has 0 radical (unpaired) electrons. The zero-order chi connectivity index (χ0) is 50.3. The van der Waals surface area contributed by atoms with E-state index in [-0.39, 0.29) is 42.9 Å². The van der Waals surface area contributed by atoms with Gasteiger partial charge in [0.25, 0.3) is 0 Å². The second-order valence-corrected chi connectivity index (χ2v) is 14.4. The van der Waals surface area contributed by atoms with Crippen LogP contribution in [0.25, 0.3) is 0 Å². The molecule has 0 aromatic heterocycles. The summed E-state index contributed by atoms with van der Waals surface area (Å²) in [6.07, 6.45) is 12.5. The number of likely N-dealkylation sites (N-methyl/N-ethyl adjacent to an activating group) is 2. The number of carbonyl (C=O) groups excluding carboxylic acids is 8. The molecule has 22 heteroatoms. The van der Waals surface area contributed by atoms with Crippen molar-refractivity contribution in [3.05, 3.63) is 48.6 Å². The first kappa shape index (κ1) is 77.9. The minimum atomic E-state index is -0.579. The van der Waals surface area contributed by atoms with Crippen molar-refractivity contribution in [1.82, 2.24) is 19.6 Å². The van der Waals surface area contributed by atoms with Crippen LogP contribution in [0.15, 0.2) is 48.6 Å². The van der Waals surface area contributed by atoms with Crippen molar-refractivity contribution in [2.45, 2.75) is 82.5 Å². The molecule has 0 amide bonds. The van der Waals surface area contributed by atoms with Crippen LogP contribution in [0.1, 0.15) is 76.7 Å². The Morgan fingerprint density at radius 1 is 0.458 bits per heavy atom. The molecule has 0 N–H and O–H groups in total. The van der Waals surface area contributed by atoms with E-state index < -0.39 is 47.8 Å². The number of hydrogen-bond donors (Lipinski definition) is 0. The number of piperidine rings is 1. The zero-order valence-electron chi connectivity index (χ0n) is 40.4. The van der Waals surface area contributed by atoms with E-state index in [0.717, 1.165) is 107 Å². The normalized spacial score (nSPS) is 14.5. The average Bonchev–Trinajstić information content (AvgIpc) is 4.03. The Hall–Kier alpha value is -5.52. The summed E-state index contributed by atoms with van der Waals surface area (Å²) in [6, 6.07) is 0.